The third-order valence-corrected chi connectivity index (χ3v) is 7.74. The van der Waals surface area contributed by atoms with Crippen LogP contribution in [-0.4, -0.2) is 65.8 Å². The molecule has 1 N–H and O–H groups in total. The molecule has 2 aliphatic heterocycles. The van der Waals surface area contributed by atoms with E-state index in [0.717, 1.165) is 40.9 Å². The van der Waals surface area contributed by atoms with E-state index in [9.17, 15) is 9.50 Å². The lowest BCUT2D eigenvalue weighted by atomic mass is 9.90. The van der Waals surface area contributed by atoms with Crippen LogP contribution in [0.4, 0.5) is 10.3 Å². The van der Waals surface area contributed by atoms with E-state index in [1.54, 1.807) is 37.8 Å². The first-order valence-electron chi connectivity index (χ1n) is 13.2. The molecule has 6 heterocycles. The molecule has 1 unspecified atom stereocenters. The van der Waals surface area contributed by atoms with E-state index >= 15 is 0 Å². The summed E-state index contributed by atoms with van der Waals surface area (Å²) in [5.74, 6) is 0.233. The molecule has 5 aromatic rings. The Morgan fingerprint density at radius 1 is 0.975 bits per heavy atom. The molecule has 1 saturated heterocycles. The van der Waals surface area contributed by atoms with Crippen LogP contribution in [0.1, 0.15) is 36.2 Å². The van der Waals surface area contributed by atoms with Crippen molar-refractivity contribution in [3.8, 4) is 11.1 Å². The maximum Gasteiger partial charge on any atom is 0.225 e. The van der Waals surface area contributed by atoms with Gasteiger partial charge >= 0.3 is 0 Å². The van der Waals surface area contributed by atoms with Crippen molar-refractivity contribution in [1.82, 2.24) is 34.3 Å². The number of rotatable bonds is 6. The number of aromatic nitrogens is 7. The van der Waals surface area contributed by atoms with Gasteiger partial charge in [-0.1, -0.05) is 18.2 Å². The molecule has 202 valence electrons. The minimum Gasteiger partial charge on any atom is -0.381 e. The third kappa shape index (κ3) is 4.33. The predicted octanol–water partition coefficient (Wildman–Crippen LogP) is 3.64. The molecule has 1 aromatic carbocycles. The highest BCUT2D eigenvalue weighted by atomic mass is 19.1. The highest BCUT2D eigenvalue weighted by Gasteiger charge is 2.27. The van der Waals surface area contributed by atoms with Crippen molar-refractivity contribution in [2.24, 2.45) is 0 Å². The quantitative estimate of drug-likeness (QED) is 0.349. The summed E-state index contributed by atoms with van der Waals surface area (Å²) in [7, 11) is 0. The number of benzene rings is 1. The maximum atomic E-state index is 13.3. The van der Waals surface area contributed by atoms with Gasteiger partial charge in [0.25, 0.3) is 0 Å². The van der Waals surface area contributed by atoms with Crippen LogP contribution in [0.3, 0.4) is 0 Å². The number of anilines is 1. The average Bonchev–Trinajstić information content (AvgIpc) is 3.60. The van der Waals surface area contributed by atoms with Gasteiger partial charge in [-0.2, -0.15) is 10.2 Å². The molecule has 0 radical (unpaired) electrons. The Balaban J connectivity index is 1.09. The van der Waals surface area contributed by atoms with Gasteiger partial charge in [0, 0.05) is 54.6 Å². The first kappa shape index (κ1) is 24.6. The molecule has 1 fully saturated rings. The SMILES string of the molecule is CC(O)(c1ccc(F)cc1)c1cnc(N2CC=C(c3ncnn4cc(-c5cnn(C6COC6)c5)cc34)CC2)nc1. The average molecular weight is 539 g/mol. The van der Waals surface area contributed by atoms with Crippen LogP contribution in [0, 0.1) is 5.82 Å². The van der Waals surface area contributed by atoms with Gasteiger partial charge < -0.3 is 14.7 Å². The van der Waals surface area contributed by atoms with Gasteiger partial charge in [-0.15, -0.1) is 0 Å². The molecule has 10 nitrogen and oxygen atoms in total. The van der Waals surface area contributed by atoms with Crippen molar-refractivity contribution < 1.29 is 14.2 Å². The number of halogens is 1. The lowest BCUT2D eigenvalue weighted by Gasteiger charge is -2.28. The summed E-state index contributed by atoms with van der Waals surface area (Å²) in [5, 5.41) is 20.0. The molecule has 0 saturated carbocycles. The lowest BCUT2D eigenvalue weighted by Crippen LogP contribution is -2.30. The Morgan fingerprint density at radius 3 is 2.48 bits per heavy atom. The van der Waals surface area contributed by atoms with E-state index in [0.29, 0.717) is 42.9 Å². The maximum absolute atomic E-state index is 13.3. The molecule has 40 heavy (non-hydrogen) atoms. The molecule has 1 atom stereocenters. The predicted molar refractivity (Wildman–Crippen MR) is 146 cm³/mol. The van der Waals surface area contributed by atoms with Crippen LogP contribution in [0.5, 0.6) is 0 Å². The molecule has 0 aliphatic carbocycles. The number of hydrogen-bond acceptors (Lipinski definition) is 8. The van der Waals surface area contributed by atoms with Crippen molar-refractivity contribution in [3.63, 3.8) is 0 Å². The Bertz CT molecular complexity index is 1700. The highest BCUT2D eigenvalue weighted by Crippen LogP contribution is 2.31. The number of fused-ring (bicyclic) bond motifs is 1. The normalized spacial score (nSPS) is 17.5. The zero-order valence-electron chi connectivity index (χ0n) is 21.9. The number of hydrogen-bond donors (Lipinski definition) is 1. The first-order valence-corrected chi connectivity index (χ1v) is 13.2. The van der Waals surface area contributed by atoms with Gasteiger partial charge in [-0.3, -0.25) is 4.68 Å². The second-order valence-electron chi connectivity index (χ2n) is 10.3. The lowest BCUT2D eigenvalue weighted by molar-refractivity contribution is -0.0286. The zero-order valence-corrected chi connectivity index (χ0v) is 21.9. The fourth-order valence-corrected chi connectivity index (χ4v) is 5.14. The molecule has 4 aromatic heterocycles. The molecule has 0 bridgehead atoms. The molecule has 11 heteroatoms. The molecular formula is C29H27FN8O2. The molecular weight excluding hydrogens is 511 g/mol. The van der Waals surface area contributed by atoms with E-state index in [1.165, 1.54) is 12.1 Å². The molecule has 0 amide bonds. The smallest absolute Gasteiger partial charge is 0.225 e. The summed E-state index contributed by atoms with van der Waals surface area (Å²) in [6, 6.07) is 8.20. The summed E-state index contributed by atoms with van der Waals surface area (Å²) in [6.45, 7) is 4.40. The van der Waals surface area contributed by atoms with Crippen LogP contribution in [0.15, 0.2) is 73.7 Å². The van der Waals surface area contributed by atoms with Gasteiger partial charge in [0.15, 0.2) is 0 Å². The summed E-state index contributed by atoms with van der Waals surface area (Å²) >= 11 is 0. The summed E-state index contributed by atoms with van der Waals surface area (Å²) in [6.07, 6.45) is 13.7. The van der Waals surface area contributed by atoms with E-state index in [2.05, 4.69) is 48.4 Å². The van der Waals surface area contributed by atoms with Crippen LogP contribution in [0.25, 0.3) is 22.2 Å². The van der Waals surface area contributed by atoms with Crippen molar-refractivity contribution in [3.05, 3.63) is 96.4 Å². The largest absolute Gasteiger partial charge is 0.381 e. The summed E-state index contributed by atoms with van der Waals surface area (Å²) < 4.78 is 22.4. The second-order valence-corrected chi connectivity index (χ2v) is 10.3. The Hall–Kier alpha value is -4.48. The first-order chi connectivity index (χ1) is 19.5. The molecule has 7 rings (SSSR count). The van der Waals surface area contributed by atoms with Crippen molar-refractivity contribution in [1.29, 1.82) is 0 Å². The minimum absolute atomic E-state index is 0.305. The standard InChI is InChI=1S/C29H27FN8O2/c1-29(39,22-2-4-24(30)5-3-22)23-12-31-28(32-13-23)36-8-6-19(7-9-36)27-26-10-20(14-38(26)35-18-33-27)21-11-34-37(15-21)25-16-40-17-25/h2-6,10-15,18,25,39H,7-9,16-17H2,1H3. The molecule has 0 spiro atoms. The van der Waals surface area contributed by atoms with E-state index in [-0.39, 0.29) is 5.82 Å². The monoisotopic (exact) mass is 538 g/mol. The van der Waals surface area contributed by atoms with Crippen LogP contribution in [-0.2, 0) is 10.3 Å². The Kier molecular flexibility index (Phi) is 5.90. The van der Waals surface area contributed by atoms with Gasteiger partial charge in [0.2, 0.25) is 5.95 Å². The van der Waals surface area contributed by atoms with Gasteiger partial charge in [-0.25, -0.2) is 23.9 Å². The van der Waals surface area contributed by atoms with E-state index < -0.39 is 5.60 Å². The second kappa shape index (κ2) is 9.61. The molecule has 2 aliphatic rings. The van der Waals surface area contributed by atoms with Crippen LogP contribution >= 0.6 is 0 Å². The minimum atomic E-state index is -1.33. The summed E-state index contributed by atoms with van der Waals surface area (Å²) in [5.41, 5.74) is 4.85. The third-order valence-electron chi connectivity index (χ3n) is 7.74. The number of ether oxygens (including phenoxy) is 1. The highest BCUT2D eigenvalue weighted by molar-refractivity contribution is 5.80. The van der Waals surface area contributed by atoms with Crippen LogP contribution in [0.2, 0.25) is 0 Å². The Labute approximate surface area is 229 Å². The van der Waals surface area contributed by atoms with Crippen molar-refractivity contribution in [2.75, 3.05) is 31.2 Å². The number of aliphatic hydroxyl groups is 1. The van der Waals surface area contributed by atoms with Gasteiger partial charge in [-0.05, 0) is 42.7 Å². The van der Waals surface area contributed by atoms with Crippen molar-refractivity contribution >= 4 is 17.0 Å². The fourth-order valence-electron chi connectivity index (χ4n) is 5.14. The summed E-state index contributed by atoms with van der Waals surface area (Å²) in [4.78, 5) is 15.8. The number of nitrogens with zero attached hydrogens (tertiary/aromatic N) is 8. The van der Waals surface area contributed by atoms with Crippen molar-refractivity contribution in [2.45, 2.75) is 25.0 Å². The zero-order chi connectivity index (χ0) is 27.3. The van der Waals surface area contributed by atoms with Gasteiger partial charge in [0.05, 0.1) is 36.7 Å². The van der Waals surface area contributed by atoms with E-state index in [4.69, 9.17) is 4.74 Å². The Morgan fingerprint density at radius 2 is 1.77 bits per heavy atom. The van der Waals surface area contributed by atoms with Gasteiger partial charge in [0.1, 0.15) is 17.7 Å². The van der Waals surface area contributed by atoms with E-state index in [1.807, 2.05) is 21.6 Å². The van der Waals surface area contributed by atoms with Crippen LogP contribution < -0.4 is 4.90 Å². The topological polar surface area (TPSA) is 106 Å². The fraction of sp³-hybridized carbons (Fsp3) is 0.276.